The van der Waals surface area contributed by atoms with Crippen LogP contribution >= 0.6 is 24.2 Å². The van der Waals surface area contributed by atoms with Crippen LogP contribution in [0.3, 0.4) is 0 Å². The van der Waals surface area contributed by atoms with Gasteiger partial charge in [-0.15, -0.1) is 12.6 Å². The molecule has 0 bridgehead atoms. The molecular formula is C22H17ClN2OS. The second-order valence-corrected chi connectivity index (χ2v) is 7.25. The summed E-state index contributed by atoms with van der Waals surface area (Å²) in [6.07, 6.45) is 0.715. The van der Waals surface area contributed by atoms with Gasteiger partial charge >= 0.3 is 0 Å². The van der Waals surface area contributed by atoms with Gasteiger partial charge in [-0.3, -0.25) is 4.79 Å². The van der Waals surface area contributed by atoms with E-state index in [4.69, 9.17) is 11.6 Å². The van der Waals surface area contributed by atoms with Crippen molar-refractivity contribution in [3.05, 3.63) is 88.9 Å². The Morgan fingerprint density at radius 2 is 1.67 bits per heavy atom. The highest BCUT2D eigenvalue weighted by molar-refractivity contribution is 7.80. The van der Waals surface area contributed by atoms with Crippen molar-refractivity contribution in [1.82, 2.24) is 5.01 Å². The van der Waals surface area contributed by atoms with E-state index in [9.17, 15) is 4.79 Å². The zero-order chi connectivity index (χ0) is 18.8. The Labute approximate surface area is 168 Å². The molecule has 3 aromatic carbocycles. The highest BCUT2D eigenvalue weighted by atomic mass is 35.5. The molecule has 0 saturated heterocycles. The maximum absolute atomic E-state index is 12.6. The Morgan fingerprint density at radius 3 is 2.37 bits per heavy atom. The van der Waals surface area contributed by atoms with Crippen LogP contribution in [-0.2, 0) is 0 Å². The van der Waals surface area contributed by atoms with Gasteiger partial charge in [0.15, 0.2) is 0 Å². The molecule has 0 aromatic heterocycles. The van der Waals surface area contributed by atoms with Gasteiger partial charge in [0.1, 0.15) is 0 Å². The molecule has 1 aliphatic rings. The Hall–Kier alpha value is -2.56. The van der Waals surface area contributed by atoms with E-state index in [0.717, 1.165) is 27.3 Å². The molecule has 1 heterocycles. The minimum absolute atomic E-state index is 0.0795. The van der Waals surface area contributed by atoms with Crippen LogP contribution in [0, 0.1) is 0 Å². The zero-order valence-corrected chi connectivity index (χ0v) is 16.1. The van der Waals surface area contributed by atoms with Gasteiger partial charge in [0.05, 0.1) is 12.3 Å². The van der Waals surface area contributed by atoms with Crippen LogP contribution in [-0.4, -0.2) is 23.2 Å². The number of hydrogen-bond donors (Lipinski definition) is 1. The molecule has 3 aromatic rings. The van der Waals surface area contributed by atoms with E-state index >= 15 is 0 Å². The Bertz CT molecular complexity index is 1020. The number of amides is 1. The summed E-state index contributed by atoms with van der Waals surface area (Å²) in [7, 11) is 0. The topological polar surface area (TPSA) is 32.7 Å². The molecular weight excluding hydrogens is 376 g/mol. The van der Waals surface area contributed by atoms with E-state index in [-0.39, 0.29) is 5.91 Å². The smallest absolute Gasteiger partial charge is 0.267 e. The fraction of sp³-hybridized carbons (Fsp3) is 0.0909. The summed E-state index contributed by atoms with van der Waals surface area (Å²) in [4.78, 5) is 13.4. The van der Waals surface area contributed by atoms with Crippen molar-refractivity contribution in [2.75, 3.05) is 6.54 Å². The lowest BCUT2D eigenvalue weighted by Gasteiger charge is -2.11. The number of rotatable bonds is 3. The van der Waals surface area contributed by atoms with Crippen LogP contribution in [0.25, 0.3) is 11.1 Å². The number of carbonyl (C=O) groups is 1. The summed E-state index contributed by atoms with van der Waals surface area (Å²) in [5.41, 5.74) is 4.63. The first-order valence-electron chi connectivity index (χ1n) is 8.65. The van der Waals surface area contributed by atoms with Gasteiger partial charge in [-0.05, 0) is 41.5 Å². The van der Waals surface area contributed by atoms with Crippen molar-refractivity contribution < 1.29 is 4.79 Å². The first-order valence-corrected chi connectivity index (χ1v) is 9.48. The van der Waals surface area contributed by atoms with Crippen LogP contribution < -0.4 is 0 Å². The third-order valence-electron chi connectivity index (χ3n) is 4.54. The van der Waals surface area contributed by atoms with E-state index in [0.29, 0.717) is 23.6 Å². The molecule has 0 saturated carbocycles. The highest BCUT2D eigenvalue weighted by Crippen LogP contribution is 2.28. The van der Waals surface area contributed by atoms with Gasteiger partial charge in [0.25, 0.3) is 5.91 Å². The van der Waals surface area contributed by atoms with Gasteiger partial charge in [-0.25, -0.2) is 5.01 Å². The lowest BCUT2D eigenvalue weighted by Crippen LogP contribution is -2.23. The van der Waals surface area contributed by atoms with Crippen LogP contribution in [0.1, 0.15) is 22.3 Å². The van der Waals surface area contributed by atoms with Crippen LogP contribution in [0.2, 0.25) is 5.02 Å². The van der Waals surface area contributed by atoms with Crippen molar-refractivity contribution in [3.63, 3.8) is 0 Å². The van der Waals surface area contributed by atoms with Crippen molar-refractivity contribution in [3.8, 4) is 11.1 Å². The predicted molar refractivity (Wildman–Crippen MR) is 113 cm³/mol. The normalized spacial score (nSPS) is 13.6. The molecule has 0 spiro atoms. The van der Waals surface area contributed by atoms with Crippen LogP contribution in [0.15, 0.2) is 82.8 Å². The van der Waals surface area contributed by atoms with Gasteiger partial charge < -0.3 is 0 Å². The van der Waals surface area contributed by atoms with Crippen molar-refractivity contribution in [2.24, 2.45) is 5.10 Å². The number of nitrogens with zero attached hydrogens (tertiary/aromatic N) is 2. The summed E-state index contributed by atoms with van der Waals surface area (Å²) in [5.74, 6) is -0.0795. The first-order chi connectivity index (χ1) is 13.1. The summed E-state index contributed by atoms with van der Waals surface area (Å²) < 4.78 is 0. The van der Waals surface area contributed by atoms with Crippen molar-refractivity contribution in [1.29, 1.82) is 0 Å². The third kappa shape index (κ3) is 3.77. The molecule has 0 fully saturated rings. The number of hydrazone groups is 1. The molecule has 5 heteroatoms. The fourth-order valence-corrected chi connectivity index (χ4v) is 3.59. The zero-order valence-electron chi connectivity index (χ0n) is 14.5. The molecule has 1 amide bonds. The maximum atomic E-state index is 12.6. The second-order valence-electron chi connectivity index (χ2n) is 6.33. The minimum atomic E-state index is -0.0795. The largest absolute Gasteiger partial charge is 0.273 e. The molecule has 134 valence electrons. The summed E-state index contributed by atoms with van der Waals surface area (Å²) in [5, 5.41) is 6.79. The Balaban J connectivity index is 1.58. The van der Waals surface area contributed by atoms with Gasteiger partial charge in [-0.2, -0.15) is 5.10 Å². The average molecular weight is 393 g/mol. The molecule has 0 radical (unpaired) electrons. The predicted octanol–water partition coefficient (Wildman–Crippen LogP) is 5.55. The summed E-state index contributed by atoms with van der Waals surface area (Å²) >= 11 is 10.6. The van der Waals surface area contributed by atoms with Gasteiger partial charge in [0.2, 0.25) is 0 Å². The van der Waals surface area contributed by atoms with E-state index in [2.05, 4.69) is 17.7 Å². The second kappa shape index (κ2) is 7.59. The molecule has 0 atom stereocenters. The molecule has 0 aliphatic carbocycles. The van der Waals surface area contributed by atoms with Crippen LogP contribution in [0.4, 0.5) is 0 Å². The SMILES string of the molecule is O=C(c1ccccc1)N1CCC(c2ccc(-c3ccc(Cl)cc3)cc2S)=N1. The van der Waals surface area contributed by atoms with E-state index < -0.39 is 0 Å². The van der Waals surface area contributed by atoms with Gasteiger partial charge in [-0.1, -0.05) is 54.1 Å². The maximum Gasteiger partial charge on any atom is 0.273 e. The lowest BCUT2D eigenvalue weighted by atomic mass is 10.0. The number of thiol groups is 1. The molecule has 3 nitrogen and oxygen atoms in total. The Morgan fingerprint density at radius 1 is 0.963 bits per heavy atom. The van der Waals surface area contributed by atoms with Gasteiger partial charge in [0, 0.05) is 27.5 Å². The Kier molecular flexibility index (Phi) is 5.01. The van der Waals surface area contributed by atoms with Crippen LogP contribution in [0.5, 0.6) is 0 Å². The summed E-state index contributed by atoms with van der Waals surface area (Å²) in [6.45, 7) is 0.579. The molecule has 0 N–H and O–H groups in total. The monoisotopic (exact) mass is 392 g/mol. The fourth-order valence-electron chi connectivity index (χ4n) is 3.12. The molecule has 27 heavy (non-hydrogen) atoms. The number of hydrogen-bond acceptors (Lipinski definition) is 3. The van der Waals surface area contributed by atoms with E-state index in [1.807, 2.05) is 60.7 Å². The highest BCUT2D eigenvalue weighted by Gasteiger charge is 2.23. The number of carbonyl (C=O) groups excluding carboxylic acids is 1. The lowest BCUT2D eigenvalue weighted by molar-refractivity contribution is 0.0778. The molecule has 0 unspecified atom stereocenters. The van der Waals surface area contributed by atoms with E-state index in [1.165, 1.54) is 5.01 Å². The third-order valence-corrected chi connectivity index (χ3v) is 5.17. The van der Waals surface area contributed by atoms with Crippen molar-refractivity contribution in [2.45, 2.75) is 11.3 Å². The van der Waals surface area contributed by atoms with Crippen molar-refractivity contribution >= 4 is 35.8 Å². The quantitative estimate of drug-likeness (QED) is 0.582. The number of benzene rings is 3. The summed E-state index contributed by atoms with van der Waals surface area (Å²) in [6, 6.07) is 23.0. The molecule has 4 rings (SSSR count). The van der Waals surface area contributed by atoms with E-state index in [1.54, 1.807) is 12.1 Å². The number of halogens is 1. The first kappa shape index (κ1) is 17.8. The standard InChI is InChI=1S/C22H17ClN2OS/c23-18-9-6-15(7-10-18)17-8-11-19(21(27)14-17)20-12-13-25(24-20)22(26)16-4-2-1-3-5-16/h1-11,14,27H,12-13H2. The minimum Gasteiger partial charge on any atom is -0.267 e. The average Bonchev–Trinajstić information content (AvgIpc) is 3.18. The molecule has 1 aliphatic heterocycles.